The Morgan fingerprint density at radius 2 is 1.92 bits per heavy atom. The van der Waals surface area contributed by atoms with Gasteiger partial charge in [-0.05, 0) is 42.4 Å². The van der Waals surface area contributed by atoms with Crippen LogP contribution in [0.1, 0.15) is 17.2 Å². The van der Waals surface area contributed by atoms with E-state index in [1.165, 1.54) is 11.7 Å². The zero-order chi connectivity index (χ0) is 18.1. The highest BCUT2D eigenvalue weighted by Crippen LogP contribution is 2.34. The topological polar surface area (TPSA) is 84.8 Å². The lowest BCUT2D eigenvalue weighted by atomic mass is 10.0. The Labute approximate surface area is 154 Å². The number of fused-ring (bicyclic) bond motifs is 2. The molecule has 3 aromatic rings. The van der Waals surface area contributed by atoms with Crippen LogP contribution in [0.25, 0.3) is 11.0 Å². The molecule has 0 fully saturated rings. The number of nitrogens with zero attached hydrogens (tertiary/aromatic N) is 3. The maximum absolute atomic E-state index is 11.9. The van der Waals surface area contributed by atoms with Crippen molar-refractivity contribution in [1.82, 2.24) is 13.6 Å². The number of ether oxygens (including phenoxy) is 2. The Morgan fingerprint density at radius 1 is 1.15 bits per heavy atom. The molecule has 4 rings (SSSR count). The zero-order valence-corrected chi connectivity index (χ0v) is 14.9. The van der Waals surface area contributed by atoms with Gasteiger partial charge in [-0.3, -0.25) is 9.69 Å². The van der Waals surface area contributed by atoms with E-state index in [1.54, 1.807) is 30.1 Å². The highest BCUT2D eigenvalue weighted by atomic mass is 32.1. The van der Waals surface area contributed by atoms with E-state index >= 15 is 0 Å². The van der Waals surface area contributed by atoms with Crippen molar-refractivity contribution >= 4 is 28.7 Å². The summed E-state index contributed by atoms with van der Waals surface area (Å²) in [5, 5.41) is 9.78. The van der Waals surface area contributed by atoms with Crippen LogP contribution in [0, 0.1) is 0 Å². The Balaban J connectivity index is 1.60. The van der Waals surface area contributed by atoms with Crippen LogP contribution >= 0.6 is 11.7 Å². The maximum atomic E-state index is 11.9. The highest BCUT2D eigenvalue weighted by Gasteiger charge is 2.26. The summed E-state index contributed by atoms with van der Waals surface area (Å²) in [7, 11) is 1.79. The van der Waals surface area contributed by atoms with Gasteiger partial charge in [0.25, 0.3) is 0 Å². The van der Waals surface area contributed by atoms with Crippen LogP contribution in [-0.4, -0.2) is 45.0 Å². The Hall–Kier alpha value is -2.71. The first-order chi connectivity index (χ1) is 12.6. The van der Waals surface area contributed by atoms with Crippen LogP contribution < -0.4 is 9.47 Å². The third-order valence-electron chi connectivity index (χ3n) is 4.31. The lowest BCUT2D eigenvalue weighted by molar-refractivity contribution is -0.143. The van der Waals surface area contributed by atoms with Crippen molar-refractivity contribution in [3.05, 3.63) is 47.5 Å². The summed E-state index contributed by atoms with van der Waals surface area (Å²) >= 11 is 1.17. The molecule has 0 spiro atoms. The fraction of sp³-hybridized carbons (Fsp3) is 0.278. The van der Waals surface area contributed by atoms with Gasteiger partial charge in [0.15, 0.2) is 11.5 Å². The predicted molar refractivity (Wildman–Crippen MR) is 96.7 cm³/mol. The molecule has 0 bridgehead atoms. The molecule has 0 amide bonds. The third kappa shape index (κ3) is 3.21. The van der Waals surface area contributed by atoms with Crippen molar-refractivity contribution in [3.63, 3.8) is 0 Å². The number of hydrogen-bond acceptors (Lipinski definition) is 7. The average Bonchev–Trinajstić information content (AvgIpc) is 3.09. The molecule has 0 unspecified atom stereocenters. The van der Waals surface area contributed by atoms with Crippen molar-refractivity contribution in [2.75, 3.05) is 20.3 Å². The molecule has 0 saturated heterocycles. The maximum Gasteiger partial charge on any atom is 0.325 e. The molecular weight excluding hydrogens is 354 g/mol. The first-order valence-electron chi connectivity index (χ1n) is 8.15. The lowest BCUT2D eigenvalue weighted by Crippen LogP contribution is -2.30. The largest absolute Gasteiger partial charge is 0.486 e. The van der Waals surface area contributed by atoms with Crippen LogP contribution in [-0.2, 0) is 11.3 Å². The van der Waals surface area contributed by atoms with Gasteiger partial charge in [-0.25, -0.2) is 0 Å². The monoisotopic (exact) mass is 371 g/mol. The molecule has 7 nitrogen and oxygen atoms in total. The highest BCUT2D eigenvalue weighted by molar-refractivity contribution is 7.00. The summed E-state index contributed by atoms with van der Waals surface area (Å²) < 4.78 is 19.5. The van der Waals surface area contributed by atoms with Crippen LogP contribution in [0.2, 0.25) is 0 Å². The number of carboxylic acids is 1. The minimum absolute atomic E-state index is 0.464. The molecule has 2 heterocycles. The molecule has 2 aromatic carbocycles. The standard InChI is InChI=1S/C18H17N3O4S/c1-21(10-11-2-4-13-14(8-11)20-26-19-13)17(18(22)23)12-3-5-15-16(9-12)25-7-6-24-15/h2-5,8-9,17H,6-7,10H2,1H3,(H,22,23)/t17-/m1/s1. The Bertz CT molecular complexity index is 959. The average molecular weight is 371 g/mol. The number of hydrogen-bond donors (Lipinski definition) is 1. The summed E-state index contributed by atoms with van der Waals surface area (Å²) in [6.07, 6.45) is 0. The van der Waals surface area contributed by atoms with Gasteiger partial charge in [0.2, 0.25) is 0 Å². The van der Waals surface area contributed by atoms with Crippen molar-refractivity contribution in [2.24, 2.45) is 0 Å². The molecule has 1 aliphatic rings. The normalized spacial score (nSPS) is 14.5. The molecule has 0 saturated carbocycles. The van der Waals surface area contributed by atoms with E-state index < -0.39 is 12.0 Å². The quantitative estimate of drug-likeness (QED) is 0.738. The van der Waals surface area contributed by atoms with E-state index in [1.807, 2.05) is 18.2 Å². The van der Waals surface area contributed by atoms with Gasteiger partial charge in [0, 0.05) is 6.54 Å². The van der Waals surface area contributed by atoms with Crippen molar-refractivity contribution in [3.8, 4) is 11.5 Å². The van der Waals surface area contributed by atoms with Crippen molar-refractivity contribution in [2.45, 2.75) is 12.6 Å². The summed E-state index contributed by atoms with van der Waals surface area (Å²) in [6, 6.07) is 10.3. The summed E-state index contributed by atoms with van der Waals surface area (Å²) in [5.41, 5.74) is 3.31. The van der Waals surface area contributed by atoms with Gasteiger partial charge in [0.1, 0.15) is 30.3 Å². The number of aromatic nitrogens is 2. The van der Waals surface area contributed by atoms with E-state index in [0.29, 0.717) is 36.8 Å². The van der Waals surface area contributed by atoms with Gasteiger partial charge in [-0.2, -0.15) is 8.75 Å². The van der Waals surface area contributed by atoms with Crippen molar-refractivity contribution < 1.29 is 19.4 Å². The van der Waals surface area contributed by atoms with E-state index in [9.17, 15) is 9.90 Å². The molecule has 0 aliphatic carbocycles. The van der Waals surface area contributed by atoms with Gasteiger partial charge < -0.3 is 14.6 Å². The molecule has 0 radical (unpaired) electrons. The minimum Gasteiger partial charge on any atom is -0.486 e. The fourth-order valence-electron chi connectivity index (χ4n) is 3.12. The second kappa shape index (κ2) is 6.89. The first kappa shape index (κ1) is 16.7. The molecule has 1 N–H and O–H groups in total. The molecular formula is C18H17N3O4S. The first-order valence-corrected chi connectivity index (χ1v) is 8.88. The van der Waals surface area contributed by atoms with E-state index in [2.05, 4.69) is 8.75 Å². The van der Waals surface area contributed by atoms with Crippen molar-refractivity contribution in [1.29, 1.82) is 0 Å². The third-order valence-corrected chi connectivity index (χ3v) is 4.86. The van der Waals surface area contributed by atoms with E-state index in [0.717, 1.165) is 16.6 Å². The smallest absolute Gasteiger partial charge is 0.325 e. The molecule has 1 aliphatic heterocycles. The number of rotatable bonds is 5. The summed E-state index contributed by atoms with van der Waals surface area (Å²) in [5.74, 6) is 0.317. The van der Waals surface area contributed by atoms with Gasteiger partial charge in [-0.1, -0.05) is 12.1 Å². The molecule has 26 heavy (non-hydrogen) atoms. The van der Waals surface area contributed by atoms with Gasteiger partial charge in [0.05, 0.1) is 11.7 Å². The van der Waals surface area contributed by atoms with Crippen LogP contribution in [0.4, 0.5) is 0 Å². The molecule has 1 aromatic heterocycles. The van der Waals surface area contributed by atoms with Gasteiger partial charge in [-0.15, -0.1) is 0 Å². The van der Waals surface area contributed by atoms with E-state index in [4.69, 9.17) is 9.47 Å². The summed E-state index contributed by atoms with van der Waals surface area (Å²) in [4.78, 5) is 13.7. The van der Waals surface area contributed by atoms with Crippen LogP contribution in [0.3, 0.4) is 0 Å². The SMILES string of the molecule is CN(Cc1ccc2nsnc2c1)[C@@H](C(=O)O)c1ccc2c(c1)OCCO2. The Kier molecular flexibility index (Phi) is 4.44. The number of carbonyl (C=O) groups is 1. The van der Waals surface area contributed by atoms with E-state index in [-0.39, 0.29) is 0 Å². The molecule has 134 valence electrons. The molecule has 8 heteroatoms. The fourth-order valence-corrected chi connectivity index (χ4v) is 3.64. The summed E-state index contributed by atoms with van der Waals surface area (Å²) in [6.45, 7) is 1.44. The second-order valence-corrected chi connectivity index (χ2v) is 6.67. The number of benzene rings is 2. The number of aliphatic carboxylic acids is 1. The van der Waals surface area contributed by atoms with Crippen LogP contribution in [0.15, 0.2) is 36.4 Å². The van der Waals surface area contributed by atoms with Gasteiger partial charge >= 0.3 is 5.97 Å². The second-order valence-electron chi connectivity index (χ2n) is 6.15. The molecule has 1 atom stereocenters. The minimum atomic E-state index is -0.916. The van der Waals surface area contributed by atoms with Crippen LogP contribution in [0.5, 0.6) is 11.5 Å². The predicted octanol–water partition coefficient (Wildman–Crippen LogP) is 2.72. The lowest BCUT2D eigenvalue weighted by Gasteiger charge is -2.26. The number of likely N-dealkylation sites (N-methyl/N-ethyl adjacent to an activating group) is 1. The zero-order valence-electron chi connectivity index (χ0n) is 14.1. The number of carboxylic acid groups (broad SMARTS) is 1. The Morgan fingerprint density at radius 3 is 2.73 bits per heavy atom.